The molecule has 1 aromatic heterocycles. The zero-order chi connectivity index (χ0) is 13.1. The maximum atomic E-state index is 11.3. The molecule has 0 spiro atoms. The van der Waals surface area contributed by atoms with Crippen LogP contribution >= 0.6 is 0 Å². The van der Waals surface area contributed by atoms with Gasteiger partial charge in [-0.2, -0.15) is 0 Å². The SMILES string of the molecule is COC(=O)c1cc(CNCC(C)(C)O)oc1C. The summed E-state index contributed by atoms with van der Waals surface area (Å²) in [4.78, 5) is 11.3. The summed E-state index contributed by atoms with van der Waals surface area (Å²) in [6, 6.07) is 1.65. The van der Waals surface area contributed by atoms with Crippen LogP contribution in [0.1, 0.15) is 35.7 Å². The lowest BCUT2D eigenvalue weighted by molar-refractivity contribution is 0.0598. The van der Waals surface area contributed by atoms with E-state index >= 15 is 0 Å². The lowest BCUT2D eigenvalue weighted by Gasteiger charge is -2.16. The highest BCUT2D eigenvalue weighted by Crippen LogP contribution is 2.15. The first-order valence-electron chi connectivity index (χ1n) is 5.44. The number of nitrogens with one attached hydrogen (secondary N) is 1. The molecule has 0 unspecified atom stereocenters. The monoisotopic (exact) mass is 241 g/mol. The predicted octanol–water partition coefficient (Wildman–Crippen LogP) is 1.24. The smallest absolute Gasteiger partial charge is 0.341 e. The van der Waals surface area contributed by atoms with Crippen LogP contribution < -0.4 is 5.32 Å². The molecule has 1 rings (SSSR count). The molecule has 0 aliphatic rings. The second-order valence-electron chi connectivity index (χ2n) is 4.59. The minimum absolute atomic E-state index is 0.403. The van der Waals surface area contributed by atoms with Gasteiger partial charge in [0.05, 0.1) is 19.3 Å². The molecule has 5 nitrogen and oxygen atoms in total. The number of esters is 1. The zero-order valence-corrected chi connectivity index (χ0v) is 10.7. The fourth-order valence-electron chi connectivity index (χ4n) is 1.44. The highest BCUT2D eigenvalue weighted by atomic mass is 16.5. The van der Waals surface area contributed by atoms with Crippen LogP contribution in [-0.2, 0) is 11.3 Å². The van der Waals surface area contributed by atoms with E-state index in [1.807, 2.05) is 0 Å². The summed E-state index contributed by atoms with van der Waals surface area (Å²) >= 11 is 0. The number of rotatable bonds is 5. The molecule has 0 aliphatic carbocycles. The van der Waals surface area contributed by atoms with Gasteiger partial charge in [0.1, 0.15) is 17.1 Å². The van der Waals surface area contributed by atoms with Gasteiger partial charge in [-0.15, -0.1) is 0 Å². The number of aliphatic hydroxyl groups is 1. The van der Waals surface area contributed by atoms with E-state index in [4.69, 9.17) is 4.42 Å². The first kappa shape index (κ1) is 13.7. The van der Waals surface area contributed by atoms with Crippen LogP contribution in [0.15, 0.2) is 10.5 Å². The lowest BCUT2D eigenvalue weighted by atomic mass is 10.1. The number of aryl methyl sites for hydroxylation is 1. The molecule has 2 N–H and O–H groups in total. The van der Waals surface area contributed by atoms with Gasteiger partial charge in [0.15, 0.2) is 0 Å². The minimum atomic E-state index is -0.771. The van der Waals surface area contributed by atoms with Crippen LogP contribution in [0.25, 0.3) is 0 Å². The number of methoxy groups -OCH3 is 1. The number of carbonyl (C=O) groups excluding carboxylic acids is 1. The topological polar surface area (TPSA) is 71.7 Å². The third-order valence-electron chi connectivity index (χ3n) is 2.23. The Bertz CT molecular complexity index is 390. The van der Waals surface area contributed by atoms with Crippen molar-refractivity contribution in [3.8, 4) is 0 Å². The van der Waals surface area contributed by atoms with Gasteiger partial charge in [0.2, 0.25) is 0 Å². The van der Waals surface area contributed by atoms with E-state index in [-0.39, 0.29) is 0 Å². The number of furan rings is 1. The summed E-state index contributed by atoms with van der Waals surface area (Å²) in [6.07, 6.45) is 0. The van der Waals surface area contributed by atoms with Gasteiger partial charge in [0.25, 0.3) is 0 Å². The first-order chi connectivity index (χ1) is 7.83. The molecule has 17 heavy (non-hydrogen) atoms. The molecule has 0 aromatic carbocycles. The van der Waals surface area contributed by atoms with Crippen molar-refractivity contribution >= 4 is 5.97 Å². The van der Waals surface area contributed by atoms with Crippen LogP contribution in [0.4, 0.5) is 0 Å². The molecule has 5 heteroatoms. The molecule has 0 aliphatic heterocycles. The second kappa shape index (κ2) is 5.33. The molecular weight excluding hydrogens is 222 g/mol. The molecule has 0 fully saturated rings. The van der Waals surface area contributed by atoms with E-state index in [1.165, 1.54) is 7.11 Å². The summed E-state index contributed by atoms with van der Waals surface area (Å²) < 4.78 is 10.0. The van der Waals surface area contributed by atoms with E-state index in [0.29, 0.717) is 30.2 Å². The van der Waals surface area contributed by atoms with Gasteiger partial charge in [-0.05, 0) is 26.8 Å². The largest absolute Gasteiger partial charge is 0.465 e. The molecular formula is C12H19NO4. The number of hydrogen-bond donors (Lipinski definition) is 2. The number of carbonyl (C=O) groups is 1. The van der Waals surface area contributed by atoms with Crippen molar-refractivity contribution in [3.05, 3.63) is 23.2 Å². The summed E-state index contributed by atoms with van der Waals surface area (Å²) in [5.74, 6) is 0.782. The number of ether oxygens (including phenoxy) is 1. The van der Waals surface area contributed by atoms with Gasteiger partial charge in [0, 0.05) is 6.54 Å². The molecule has 0 atom stereocenters. The van der Waals surface area contributed by atoms with Gasteiger partial charge in [-0.3, -0.25) is 0 Å². The quantitative estimate of drug-likeness (QED) is 0.759. The Morgan fingerprint density at radius 2 is 2.24 bits per heavy atom. The molecule has 0 amide bonds. The molecule has 96 valence electrons. The molecule has 1 aromatic rings. The molecule has 0 saturated heterocycles. The van der Waals surface area contributed by atoms with Crippen molar-refractivity contribution in [3.63, 3.8) is 0 Å². The summed E-state index contributed by atoms with van der Waals surface area (Å²) in [7, 11) is 1.33. The van der Waals surface area contributed by atoms with Crippen molar-refractivity contribution in [1.82, 2.24) is 5.32 Å². The van der Waals surface area contributed by atoms with E-state index in [1.54, 1.807) is 26.8 Å². The molecule has 0 radical (unpaired) electrons. The maximum Gasteiger partial charge on any atom is 0.341 e. The van der Waals surface area contributed by atoms with Gasteiger partial charge < -0.3 is 19.6 Å². The standard InChI is InChI=1S/C12H19NO4/c1-8-10(11(14)16-4)5-9(17-8)6-13-7-12(2,3)15/h5,13,15H,6-7H2,1-4H3. The average molecular weight is 241 g/mol. The van der Waals surface area contributed by atoms with Crippen molar-refractivity contribution in [2.24, 2.45) is 0 Å². The summed E-state index contributed by atoms with van der Waals surface area (Å²) in [5, 5.41) is 12.6. The number of hydrogen-bond acceptors (Lipinski definition) is 5. The van der Waals surface area contributed by atoms with Gasteiger partial charge >= 0.3 is 5.97 Å². The van der Waals surface area contributed by atoms with Gasteiger partial charge in [-0.1, -0.05) is 0 Å². The van der Waals surface area contributed by atoms with Crippen LogP contribution in [0.2, 0.25) is 0 Å². The Morgan fingerprint density at radius 3 is 2.76 bits per heavy atom. The van der Waals surface area contributed by atoms with Crippen LogP contribution in [0.5, 0.6) is 0 Å². The molecule has 0 bridgehead atoms. The summed E-state index contributed by atoms with van der Waals surface area (Å²) in [5.41, 5.74) is -0.333. The Kier molecular flexibility index (Phi) is 4.31. The zero-order valence-electron chi connectivity index (χ0n) is 10.7. The van der Waals surface area contributed by atoms with Crippen LogP contribution in [0.3, 0.4) is 0 Å². The summed E-state index contributed by atoms with van der Waals surface area (Å²) in [6.45, 7) is 6.05. The highest BCUT2D eigenvalue weighted by Gasteiger charge is 2.16. The van der Waals surface area contributed by atoms with E-state index in [2.05, 4.69) is 10.1 Å². The van der Waals surface area contributed by atoms with E-state index in [0.717, 1.165) is 0 Å². The van der Waals surface area contributed by atoms with E-state index in [9.17, 15) is 9.90 Å². The Labute approximate surface area is 101 Å². The van der Waals surface area contributed by atoms with Crippen molar-refractivity contribution in [1.29, 1.82) is 0 Å². The Morgan fingerprint density at radius 1 is 1.59 bits per heavy atom. The predicted molar refractivity (Wildman–Crippen MR) is 62.8 cm³/mol. The molecule has 1 heterocycles. The second-order valence-corrected chi connectivity index (χ2v) is 4.59. The first-order valence-corrected chi connectivity index (χ1v) is 5.44. The van der Waals surface area contributed by atoms with Crippen LogP contribution in [-0.4, -0.2) is 30.3 Å². The van der Waals surface area contributed by atoms with E-state index < -0.39 is 11.6 Å². The highest BCUT2D eigenvalue weighted by molar-refractivity contribution is 5.90. The third-order valence-corrected chi connectivity index (χ3v) is 2.23. The van der Waals surface area contributed by atoms with Crippen molar-refractivity contribution in [2.45, 2.75) is 32.9 Å². The third kappa shape index (κ3) is 4.20. The average Bonchev–Trinajstić information content (AvgIpc) is 2.57. The normalized spacial score (nSPS) is 11.6. The van der Waals surface area contributed by atoms with Gasteiger partial charge in [-0.25, -0.2) is 4.79 Å². The fourth-order valence-corrected chi connectivity index (χ4v) is 1.44. The van der Waals surface area contributed by atoms with Crippen molar-refractivity contribution in [2.75, 3.05) is 13.7 Å². The Balaban J connectivity index is 2.59. The van der Waals surface area contributed by atoms with Crippen molar-refractivity contribution < 1.29 is 19.1 Å². The lowest BCUT2D eigenvalue weighted by Crippen LogP contribution is -2.34. The molecule has 0 saturated carbocycles. The maximum absolute atomic E-state index is 11.3. The fraction of sp³-hybridized carbons (Fsp3) is 0.583. The van der Waals surface area contributed by atoms with Crippen LogP contribution in [0, 0.1) is 6.92 Å². The minimum Gasteiger partial charge on any atom is -0.465 e. The Hall–Kier alpha value is -1.33.